The number of aromatic nitrogens is 1. The average Bonchev–Trinajstić information content (AvgIpc) is 2.49. The predicted octanol–water partition coefficient (Wildman–Crippen LogP) is 2.12. The third-order valence-electron chi connectivity index (χ3n) is 4.13. The topological polar surface area (TPSA) is 79.0 Å². The summed E-state index contributed by atoms with van der Waals surface area (Å²) in [6.07, 6.45) is 2.55. The summed E-state index contributed by atoms with van der Waals surface area (Å²) in [6, 6.07) is 10.2. The van der Waals surface area contributed by atoms with E-state index in [0.29, 0.717) is 34.9 Å². The summed E-state index contributed by atoms with van der Waals surface area (Å²) >= 11 is 5.85. The Balaban J connectivity index is 1.57. The summed E-state index contributed by atoms with van der Waals surface area (Å²) < 4.78 is 24.9. The third-order valence-corrected chi connectivity index (χ3v) is 6.54. The van der Waals surface area contributed by atoms with E-state index in [-0.39, 0.29) is 16.9 Å². The van der Waals surface area contributed by atoms with Crippen LogP contribution in [0.1, 0.15) is 18.4 Å². The number of hydrogen-bond donors (Lipinski definition) is 2. The smallest absolute Gasteiger partial charge is 0.252 e. The highest BCUT2D eigenvalue weighted by molar-refractivity contribution is 7.92. The molecule has 0 aliphatic heterocycles. The molecule has 7 heteroatoms. The molecule has 2 N–H and O–H groups in total. The summed E-state index contributed by atoms with van der Waals surface area (Å²) in [5, 5.41) is 3.32. The van der Waals surface area contributed by atoms with Gasteiger partial charge in [0, 0.05) is 24.3 Å². The van der Waals surface area contributed by atoms with E-state index in [1.165, 1.54) is 6.20 Å². The molecule has 0 unspecified atom stereocenters. The van der Waals surface area contributed by atoms with Crippen molar-refractivity contribution in [3.63, 3.8) is 0 Å². The minimum Gasteiger partial charge on any atom is -0.327 e. The zero-order valence-electron chi connectivity index (χ0n) is 12.3. The van der Waals surface area contributed by atoms with Gasteiger partial charge in [0.1, 0.15) is 0 Å². The summed E-state index contributed by atoms with van der Waals surface area (Å²) in [4.78, 5) is 14.6. The molecule has 0 radical (unpaired) electrons. The van der Waals surface area contributed by atoms with E-state index in [4.69, 9.17) is 11.6 Å². The second kappa shape index (κ2) is 6.47. The van der Waals surface area contributed by atoms with Gasteiger partial charge in [0.05, 0.1) is 15.2 Å². The minimum atomic E-state index is -3.26. The van der Waals surface area contributed by atoms with Crippen molar-refractivity contribution in [2.24, 2.45) is 0 Å². The predicted molar refractivity (Wildman–Crippen MR) is 89.4 cm³/mol. The van der Waals surface area contributed by atoms with Gasteiger partial charge in [0.25, 0.3) is 5.56 Å². The SMILES string of the molecule is O=c1[nH]cc(Cl)cc1CNC1CC(S(=O)(=O)c2ccccc2)C1. The van der Waals surface area contributed by atoms with Crippen molar-refractivity contribution in [2.45, 2.75) is 35.6 Å². The number of rotatable bonds is 5. The number of nitrogens with one attached hydrogen (secondary N) is 2. The number of halogens is 1. The summed E-state index contributed by atoms with van der Waals surface area (Å²) in [5.74, 6) is 0. The van der Waals surface area contributed by atoms with Crippen molar-refractivity contribution in [2.75, 3.05) is 0 Å². The standard InChI is InChI=1S/C16H17ClN2O3S/c17-12-6-11(16(20)19-10-12)9-18-13-7-15(8-13)23(21,22)14-4-2-1-3-5-14/h1-6,10,13,15,18H,7-9H2,(H,19,20). The van der Waals surface area contributed by atoms with Gasteiger partial charge in [-0.15, -0.1) is 0 Å². The lowest BCUT2D eigenvalue weighted by atomic mass is 9.92. The minimum absolute atomic E-state index is 0.0943. The second-order valence-corrected chi connectivity index (χ2v) is 8.37. The van der Waals surface area contributed by atoms with Gasteiger partial charge in [-0.2, -0.15) is 0 Å². The lowest BCUT2D eigenvalue weighted by Gasteiger charge is -2.35. The molecule has 1 aromatic carbocycles. The highest BCUT2D eigenvalue weighted by Gasteiger charge is 2.39. The van der Waals surface area contributed by atoms with Crippen LogP contribution in [0, 0.1) is 0 Å². The van der Waals surface area contributed by atoms with E-state index in [2.05, 4.69) is 10.3 Å². The van der Waals surface area contributed by atoms with Crippen molar-refractivity contribution >= 4 is 21.4 Å². The Labute approximate surface area is 139 Å². The van der Waals surface area contributed by atoms with Crippen molar-refractivity contribution < 1.29 is 8.42 Å². The normalized spacial score (nSPS) is 20.9. The molecule has 0 bridgehead atoms. The Morgan fingerprint density at radius 1 is 1.22 bits per heavy atom. The molecule has 1 aliphatic rings. The van der Waals surface area contributed by atoms with Gasteiger partial charge in [-0.25, -0.2) is 8.42 Å². The molecule has 0 atom stereocenters. The zero-order valence-corrected chi connectivity index (χ0v) is 13.9. The molecule has 1 heterocycles. The van der Waals surface area contributed by atoms with Crippen LogP contribution >= 0.6 is 11.6 Å². The van der Waals surface area contributed by atoms with E-state index in [1.54, 1.807) is 36.4 Å². The molecule has 0 spiro atoms. The number of hydrogen-bond acceptors (Lipinski definition) is 4. The summed E-state index contributed by atoms with van der Waals surface area (Å²) in [7, 11) is -3.26. The molecule has 23 heavy (non-hydrogen) atoms. The van der Waals surface area contributed by atoms with Crippen LogP contribution in [0.4, 0.5) is 0 Å². The first-order valence-corrected chi connectivity index (χ1v) is 9.28. The third kappa shape index (κ3) is 3.49. The number of benzene rings is 1. The van der Waals surface area contributed by atoms with Gasteiger partial charge < -0.3 is 10.3 Å². The van der Waals surface area contributed by atoms with Crippen molar-refractivity contribution in [3.8, 4) is 0 Å². The van der Waals surface area contributed by atoms with Crippen LogP contribution in [-0.4, -0.2) is 24.7 Å². The monoisotopic (exact) mass is 352 g/mol. The van der Waals surface area contributed by atoms with Crippen LogP contribution in [0.2, 0.25) is 5.02 Å². The Bertz CT molecular complexity index is 843. The van der Waals surface area contributed by atoms with Crippen LogP contribution in [0.5, 0.6) is 0 Å². The van der Waals surface area contributed by atoms with Gasteiger partial charge in [-0.1, -0.05) is 29.8 Å². The lowest BCUT2D eigenvalue weighted by Crippen LogP contribution is -2.47. The van der Waals surface area contributed by atoms with Crippen LogP contribution in [-0.2, 0) is 16.4 Å². The van der Waals surface area contributed by atoms with Gasteiger partial charge in [-0.3, -0.25) is 4.79 Å². The molecule has 1 saturated carbocycles. The summed E-state index contributed by atoms with van der Waals surface area (Å²) in [6.45, 7) is 0.374. The Kier molecular flexibility index (Phi) is 4.57. The molecule has 2 aromatic rings. The molecule has 3 rings (SSSR count). The van der Waals surface area contributed by atoms with Crippen LogP contribution < -0.4 is 10.9 Å². The fourth-order valence-corrected chi connectivity index (χ4v) is 4.75. The number of sulfone groups is 1. The maximum absolute atomic E-state index is 12.4. The molecular weight excluding hydrogens is 336 g/mol. The fraction of sp³-hybridized carbons (Fsp3) is 0.312. The maximum atomic E-state index is 12.4. The Hall–Kier alpha value is -1.63. The molecule has 0 saturated heterocycles. The Morgan fingerprint density at radius 3 is 2.61 bits per heavy atom. The average molecular weight is 353 g/mol. The van der Waals surface area contributed by atoms with Crippen molar-refractivity contribution in [3.05, 3.63) is 63.5 Å². The van der Waals surface area contributed by atoms with Crippen LogP contribution in [0.25, 0.3) is 0 Å². The number of H-pyrrole nitrogens is 1. The van der Waals surface area contributed by atoms with E-state index in [0.717, 1.165) is 0 Å². The summed E-state index contributed by atoms with van der Waals surface area (Å²) in [5.41, 5.74) is 0.363. The first-order chi connectivity index (χ1) is 11.0. The van der Waals surface area contributed by atoms with Gasteiger partial charge in [-0.05, 0) is 31.0 Å². The maximum Gasteiger partial charge on any atom is 0.252 e. The number of aromatic amines is 1. The highest BCUT2D eigenvalue weighted by atomic mass is 35.5. The lowest BCUT2D eigenvalue weighted by molar-refractivity contribution is 0.336. The van der Waals surface area contributed by atoms with Gasteiger partial charge >= 0.3 is 0 Å². The zero-order chi connectivity index (χ0) is 16.4. The first kappa shape index (κ1) is 16.2. The van der Waals surface area contributed by atoms with Crippen molar-refractivity contribution in [1.29, 1.82) is 0 Å². The molecule has 122 valence electrons. The fourth-order valence-electron chi connectivity index (χ4n) is 2.67. The van der Waals surface area contributed by atoms with Crippen LogP contribution in [0.15, 0.2) is 52.3 Å². The highest BCUT2D eigenvalue weighted by Crippen LogP contribution is 2.31. The molecule has 0 amide bonds. The largest absolute Gasteiger partial charge is 0.327 e. The Morgan fingerprint density at radius 2 is 1.91 bits per heavy atom. The van der Waals surface area contributed by atoms with Crippen molar-refractivity contribution in [1.82, 2.24) is 10.3 Å². The molecule has 5 nitrogen and oxygen atoms in total. The number of pyridine rings is 1. The van der Waals surface area contributed by atoms with Gasteiger partial charge in [0.15, 0.2) is 9.84 Å². The van der Waals surface area contributed by atoms with E-state index in [9.17, 15) is 13.2 Å². The van der Waals surface area contributed by atoms with Crippen LogP contribution in [0.3, 0.4) is 0 Å². The van der Waals surface area contributed by atoms with E-state index in [1.807, 2.05) is 0 Å². The van der Waals surface area contributed by atoms with E-state index < -0.39 is 9.84 Å². The second-order valence-electron chi connectivity index (χ2n) is 5.70. The molecule has 1 fully saturated rings. The van der Waals surface area contributed by atoms with E-state index >= 15 is 0 Å². The van der Waals surface area contributed by atoms with Gasteiger partial charge in [0.2, 0.25) is 0 Å². The quantitative estimate of drug-likeness (QED) is 0.864. The molecule has 1 aromatic heterocycles. The first-order valence-electron chi connectivity index (χ1n) is 7.36. The molecular formula is C16H17ClN2O3S. The molecule has 1 aliphatic carbocycles.